The van der Waals surface area contributed by atoms with Crippen molar-refractivity contribution < 1.29 is 5.11 Å². The van der Waals surface area contributed by atoms with Crippen LogP contribution in [0.3, 0.4) is 0 Å². The van der Waals surface area contributed by atoms with Gasteiger partial charge < -0.3 is 10.0 Å². The fraction of sp³-hybridized carbons (Fsp3) is 0.250. The van der Waals surface area contributed by atoms with E-state index in [4.69, 9.17) is 23.2 Å². The molecular weight excluding hydrogens is 403 g/mol. The van der Waals surface area contributed by atoms with Crippen LogP contribution in [0.25, 0.3) is 0 Å². The van der Waals surface area contributed by atoms with Gasteiger partial charge in [0.2, 0.25) is 0 Å². The van der Waals surface area contributed by atoms with Gasteiger partial charge in [0.1, 0.15) is 5.75 Å². The average molecular weight is 427 g/mol. The zero-order valence-electron chi connectivity index (χ0n) is 16.3. The van der Waals surface area contributed by atoms with Crippen molar-refractivity contribution >= 4 is 28.9 Å². The van der Waals surface area contributed by atoms with E-state index >= 15 is 0 Å². The summed E-state index contributed by atoms with van der Waals surface area (Å²) in [4.78, 5) is 4.86. The third-order valence-corrected chi connectivity index (χ3v) is 6.03. The van der Waals surface area contributed by atoms with Crippen molar-refractivity contribution in [1.29, 1.82) is 0 Å². The molecule has 29 heavy (non-hydrogen) atoms. The van der Waals surface area contributed by atoms with E-state index in [2.05, 4.69) is 53.1 Å². The van der Waals surface area contributed by atoms with E-state index in [1.807, 2.05) is 24.3 Å². The molecule has 1 aliphatic heterocycles. The van der Waals surface area contributed by atoms with Gasteiger partial charge >= 0.3 is 0 Å². The van der Waals surface area contributed by atoms with Gasteiger partial charge in [-0.2, -0.15) is 0 Å². The minimum absolute atomic E-state index is 0.127. The van der Waals surface area contributed by atoms with E-state index in [0.29, 0.717) is 5.02 Å². The zero-order valence-corrected chi connectivity index (χ0v) is 17.8. The normalized spacial score (nSPS) is 20.0. The fourth-order valence-corrected chi connectivity index (χ4v) is 4.61. The van der Waals surface area contributed by atoms with Gasteiger partial charge in [-0.05, 0) is 42.3 Å². The van der Waals surface area contributed by atoms with Crippen LogP contribution in [0.5, 0.6) is 5.75 Å². The molecule has 5 heteroatoms. The van der Waals surface area contributed by atoms with E-state index in [1.165, 1.54) is 11.1 Å². The molecule has 3 nitrogen and oxygen atoms in total. The van der Waals surface area contributed by atoms with E-state index in [9.17, 15) is 5.11 Å². The number of hydrogen-bond donors (Lipinski definition) is 1. The van der Waals surface area contributed by atoms with Gasteiger partial charge in [0, 0.05) is 36.8 Å². The van der Waals surface area contributed by atoms with Gasteiger partial charge in [-0.25, -0.2) is 0 Å². The lowest BCUT2D eigenvalue weighted by atomic mass is 9.97. The van der Waals surface area contributed by atoms with Crippen molar-refractivity contribution in [2.45, 2.75) is 25.6 Å². The first-order valence-corrected chi connectivity index (χ1v) is 10.6. The first-order chi connectivity index (χ1) is 14.0. The fourth-order valence-electron chi connectivity index (χ4n) is 4.21. The minimum atomic E-state index is 0.127. The number of phenols is 1. The van der Waals surface area contributed by atoms with E-state index in [1.54, 1.807) is 12.1 Å². The summed E-state index contributed by atoms with van der Waals surface area (Å²) in [5, 5.41) is 11.1. The van der Waals surface area contributed by atoms with Gasteiger partial charge in [-0.3, -0.25) is 4.90 Å². The summed E-state index contributed by atoms with van der Waals surface area (Å²) in [5.41, 5.74) is 3.45. The Morgan fingerprint density at radius 3 is 2.34 bits per heavy atom. The smallest absolute Gasteiger partial charge is 0.117 e. The zero-order chi connectivity index (χ0) is 20.4. The Morgan fingerprint density at radius 1 is 0.931 bits per heavy atom. The first-order valence-electron chi connectivity index (χ1n) is 9.80. The highest BCUT2D eigenvalue weighted by Gasteiger charge is 2.34. The molecule has 0 saturated carbocycles. The lowest BCUT2D eigenvalue weighted by Crippen LogP contribution is -2.53. The largest absolute Gasteiger partial charge is 0.508 e. The van der Waals surface area contributed by atoms with Crippen molar-refractivity contribution in [3.05, 3.63) is 94.0 Å². The quantitative estimate of drug-likeness (QED) is 0.541. The Kier molecular flexibility index (Phi) is 6.00. The molecule has 0 spiro atoms. The molecule has 0 aliphatic carbocycles. The molecule has 1 N–H and O–H groups in total. The Morgan fingerprint density at radius 2 is 1.66 bits per heavy atom. The Hall–Kier alpha value is -2.20. The molecule has 3 aromatic carbocycles. The highest BCUT2D eigenvalue weighted by molar-refractivity contribution is 6.33. The van der Waals surface area contributed by atoms with Crippen molar-refractivity contribution in [2.24, 2.45) is 0 Å². The van der Waals surface area contributed by atoms with Crippen molar-refractivity contribution in [3.8, 4) is 5.75 Å². The number of halogens is 2. The first kappa shape index (κ1) is 20.1. The number of benzene rings is 3. The Bertz CT molecular complexity index is 962. The number of anilines is 1. The number of phenolic OH excluding ortho intramolecular Hbond substituents is 1. The van der Waals surface area contributed by atoms with Crippen LogP contribution in [-0.4, -0.2) is 29.1 Å². The van der Waals surface area contributed by atoms with Gasteiger partial charge in [0.25, 0.3) is 0 Å². The molecule has 2 atom stereocenters. The lowest BCUT2D eigenvalue weighted by molar-refractivity contribution is 0.187. The van der Waals surface area contributed by atoms with Crippen LogP contribution in [0.1, 0.15) is 24.1 Å². The second-order valence-electron chi connectivity index (χ2n) is 7.64. The summed E-state index contributed by atoms with van der Waals surface area (Å²) in [6, 6.07) is 24.2. The van der Waals surface area contributed by atoms with Gasteiger partial charge in [0.15, 0.2) is 0 Å². The number of piperazine rings is 1. The minimum Gasteiger partial charge on any atom is -0.508 e. The van der Waals surface area contributed by atoms with Crippen LogP contribution in [0.2, 0.25) is 10.0 Å². The Balaban J connectivity index is 1.68. The second-order valence-corrected chi connectivity index (χ2v) is 8.48. The molecule has 1 fully saturated rings. The molecule has 1 aliphatic rings. The monoisotopic (exact) mass is 426 g/mol. The summed E-state index contributed by atoms with van der Waals surface area (Å²) >= 11 is 12.7. The Labute approximate surface area is 182 Å². The number of hydrogen-bond acceptors (Lipinski definition) is 3. The average Bonchev–Trinajstić information content (AvgIpc) is 2.70. The predicted octanol–water partition coefficient (Wildman–Crippen LogP) is 6.15. The molecule has 1 saturated heterocycles. The molecular formula is C24H24Cl2N2O. The summed E-state index contributed by atoms with van der Waals surface area (Å²) in [6.45, 7) is 4.93. The molecule has 0 aromatic heterocycles. The topological polar surface area (TPSA) is 26.7 Å². The van der Waals surface area contributed by atoms with Crippen LogP contribution in [0.4, 0.5) is 5.69 Å². The van der Waals surface area contributed by atoms with Gasteiger partial charge in [-0.1, -0.05) is 65.7 Å². The third kappa shape index (κ3) is 4.53. The second kappa shape index (κ2) is 8.66. The summed E-state index contributed by atoms with van der Waals surface area (Å²) < 4.78 is 0. The summed E-state index contributed by atoms with van der Waals surface area (Å²) in [5.74, 6) is 0.178. The van der Waals surface area contributed by atoms with E-state index in [-0.39, 0.29) is 17.8 Å². The van der Waals surface area contributed by atoms with Crippen LogP contribution in [0, 0.1) is 0 Å². The van der Waals surface area contributed by atoms with Gasteiger partial charge in [-0.15, -0.1) is 0 Å². The maximum absolute atomic E-state index is 9.80. The third-order valence-electron chi connectivity index (χ3n) is 5.48. The molecule has 1 heterocycles. The summed E-state index contributed by atoms with van der Waals surface area (Å²) in [7, 11) is 0. The van der Waals surface area contributed by atoms with Crippen LogP contribution >= 0.6 is 23.2 Å². The molecule has 150 valence electrons. The number of rotatable bonds is 4. The maximum Gasteiger partial charge on any atom is 0.117 e. The van der Waals surface area contributed by atoms with E-state index in [0.717, 1.165) is 30.3 Å². The maximum atomic E-state index is 9.80. The molecule has 4 rings (SSSR count). The number of aromatic hydroxyl groups is 1. The molecule has 0 amide bonds. The van der Waals surface area contributed by atoms with E-state index < -0.39 is 0 Å². The van der Waals surface area contributed by atoms with Crippen molar-refractivity contribution in [2.75, 3.05) is 18.0 Å². The predicted molar refractivity (Wildman–Crippen MR) is 121 cm³/mol. The van der Waals surface area contributed by atoms with Crippen molar-refractivity contribution in [3.63, 3.8) is 0 Å². The summed E-state index contributed by atoms with van der Waals surface area (Å²) in [6.07, 6.45) is 0. The van der Waals surface area contributed by atoms with Crippen LogP contribution in [-0.2, 0) is 6.54 Å². The standard InChI is InChI=1S/C24H24Cl2N2O/c1-17-14-27(15-18-5-3-2-4-6-18)16-24(19-7-9-20(25)10-8-19)28(17)23-12-11-21(29)13-22(23)26/h2-13,17,24,29H,14-16H2,1H3/t17-,24-/m0/s1. The highest BCUT2D eigenvalue weighted by atomic mass is 35.5. The van der Waals surface area contributed by atoms with Gasteiger partial charge in [0.05, 0.1) is 16.8 Å². The highest BCUT2D eigenvalue weighted by Crippen LogP contribution is 2.39. The lowest BCUT2D eigenvalue weighted by Gasteiger charge is -2.47. The SMILES string of the molecule is C[C@H]1CN(Cc2ccccc2)C[C@@H](c2ccc(Cl)cc2)N1c1ccc(O)cc1Cl. The molecule has 3 aromatic rings. The van der Waals surface area contributed by atoms with Crippen LogP contribution < -0.4 is 4.90 Å². The van der Waals surface area contributed by atoms with Crippen LogP contribution in [0.15, 0.2) is 72.8 Å². The molecule has 0 radical (unpaired) electrons. The van der Waals surface area contributed by atoms with Crippen molar-refractivity contribution in [1.82, 2.24) is 4.90 Å². The molecule has 0 bridgehead atoms. The molecule has 0 unspecified atom stereocenters. The number of nitrogens with zero attached hydrogens (tertiary/aromatic N) is 2.